The molecule has 0 spiro atoms. The minimum Gasteiger partial charge on any atom is -0.292 e. The van der Waals surface area contributed by atoms with Crippen molar-refractivity contribution in [2.24, 2.45) is 0 Å². The van der Waals surface area contributed by atoms with Crippen molar-refractivity contribution in [2.45, 2.75) is 4.90 Å². The topological polar surface area (TPSA) is 122 Å². The molecule has 2 rings (SSSR count). The molecule has 0 aliphatic heterocycles. The Bertz CT molecular complexity index is 962. The van der Waals surface area contributed by atoms with Gasteiger partial charge in [0.25, 0.3) is 11.6 Å². The SMILES string of the molecule is CN(C)S(=O)(=O)c1ccc(I)c(C(=O)NNc2ccccc2[N+](=O)[O-])c1. The van der Waals surface area contributed by atoms with Crippen molar-refractivity contribution in [3.8, 4) is 0 Å². The van der Waals surface area contributed by atoms with Crippen LogP contribution in [0.4, 0.5) is 11.4 Å². The van der Waals surface area contributed by atoms with Gasteiger partial charge in [-0.3, -0.25) is 25.8 Å². The average molecular weight is 490 g/mol. The first-order valence-electron chi connectivity index (χ1n) is 7.16. The quantitative estimate of drug-likeness (QED) is 0.364. The van der Waals surface area contributed by atoms with Crippen LogP contribution in [-0.4, -0.2) is 37.6 Å². The number of amides is 1. The van der Waals surface area contributed by atoms with Crippen LogP contribution in [0.2, 0.25) is 0 Å². The summed E-state index contributed by atoms with van der Waals surface area (Å²) in [4.78, 5) is 22.8. The van der Waals surface area contributed by atoms with Crippen LogP contribution < -0.4 is 10.9 Å². The van der Waals surface area contributed by atoms with E-state index >= 15 is 0 Å². The summed E-state index contributed by atoms with van der Waals surface area (Å²) in [5, 5.41) is 11.0. The fourth-order valence-corrected chi connectivity index (χ4v) is 3.49. The number of nitrogens with one attached hydrogen (secondary N) is 2. The Morgan fingerprint density at radius 3 is 2.46 bits per heavy atom. The number of anilines is 1. The molecule has 0 saturated carbocycles. The third-order valence-corrected chi connectivity index (χ3v) is 6.12. The number of carbonyl (C=O) groups is 1. The summed E-state index contributed by atoms with van der Waals surface area (Å²) in [5.41, 5.74) is 4.88. The molecule has 0 aromatic heterocycles. The van der Waals surface area contributed by atoms with E-state index in [1.807, 2.05) is 22.6 Å². The van der Waals surface area contributed by atoms with Crippen molar-refractivity contribution in [2.75, 3.05) is 19.5 Å². The van der Waals surface area contributed by atoms with Crippen LogP contribution in [0.5, 0.6) is 0 Å². The van der Waals surface area contributed by atoms with Crippen LogP contribution in [0.3, 0.4) is 0 Å². The lowest BCUT2D eigenvalue weighted by Gasteiger charge is -2.14. The molecule has 0 fully saturated rings. The number of nitro benzene ring substituents is 1. The van der Waals surface area contributed by atoms with Crippen molar-refractivity contribution in [1.82, 2.24) is 9.73 Å². The first kappa shape index (κ1) is 20.1. The van der Waals surface area contributed by atoms with E-state index in [0.29, 0.717) is 3.57 Å². The van der Waals surface area contributed by atoms with Gasteiger partial charge < -0.3 is 0 Å². The lowest BCUT2D eigenvalue weighted by atomic mass is 10.2. The predicted molar refractivity (Wildman–Crippen MR) is 104 cm³/mol. The minimum absolute atomic E-state index is 0.0289. The third-order valence-electron chi connectivity index (χ3n) is 3.37. The largest absolute Gasteiger partial charge is 0.294 e. The maximum absolute atomic E-state index is 12.4. The molecule has 138 valence electrons. The van der Waals surface area contributed by atoms with Gasteiger partial charge in [-0.2, -0.15) is 0 Å². The van der Waals surface area contributed by atoms with Gasteiger partial charge >= 0.3 is 0 Å². The number of halogens is 1. The maximum atomic E-state index is 12.4. The fourth-order valence-electron chi connectivity index (χ4n) is 1.98. The molecular formula is C15H15IN4O5S. The summed E-state index contributed by atoms with van der Waals surface area (Å²) in [6, 6.07) is 9.99. The summed E-state index contributed by atoms with van der Waals surface area (Å²) < 4.78 is 26.0. The van der Waals surface area contributed by atoms with Gasteiger partial charge in [0.05, 0.1) is 15.4 Å². The summed E-state index contributed by atoms with van der Waals surface area (Å²) >= 11 is 1.90. The van der Waals surface area contributed by atoms with Crippen LogP contribution in [0.15, 0.2) is 47.4 Å². The highest BCUT2D eigenvalue weighted by Gasteiger charge is 2.21. The number of rotatable bonds is 6. The number of hydrogen-bond donors (Lipinski definition) is 2. The smallest absolute Gasteiger partial charge is 0.292 e. The zero-order valence-electron chi connectivity index (χ0n) is 13.8. The van der Waals surface area contributed by atoms with Crippen molar-refractivity contribution < 1.29 is 18.1 Å². The van der Waals surface area contributed by atoms with Gasteiger partial charge in [0.2, 0.25) is 10.0 Å². The Morgan fingerprint density at radius 1 is 1.19 bits per heavy atom. The molecule has 0 aliphatic carbocycles. The Labute approximate surface area is 163 Å². The molecule has 0 unspecified atom stereocenters. The van der Waals surface area contributed by atoms with E-state index < -0.39 is 20.9 Å². The number of hydrazine groups is 1. The molecule has 2 aromatic rings. The average Bonchev–Trinajstić information content (AvgIpc) is 2.59. The molecule has 0 saturated heterocycles. The standard InChI is InChI=1S/C15H15IN4O5S/c1-19(2)26(24,25)10-7-8-12(16)11(9-10)15(21)18-17-13-5-3-4-6-14(13)20(22)23/h3-9,17H,1-2H3,(H,18,21). The second-order valence-electron chi connectivity index (χ2n) is 5.28. The lowest BCUT2D eigenvalue weighted by Crippen LogP contribution is -2.30. The molecule has 0 atom stereocenters. The number of hydrogen-bond acceptors (Lipinski definition) is 6. The molecule has 9 nitrogen and oxygen atoms in total. The molecule has 0 radical (unpaired) electrons. The molecule has 2 N–H and O–H groups in total. The van der Waals surface area contributed by atoms with Crippen LogP contribution in [0.25, 0.3) is 0 Å². The first-order valence-corrected chi connectivity index (χ1v) is 9.68. The van der Waals surface area contributed by atoms with Crippen molar-refractivity contribution >= 4 is 49.9 Å². The Hall–Kier alpha value is -2.25. The van der Waals surface area contributed by atoms with Gasteiger partial charge in [0.1, 0.15) is 5.69 Å². The maximum Gasteiger partial charge on any atom is 0.294 e. The van der Waals surface area contributed by atoms with E-state index in [4.69, 9.17) is 0 Å². The second kappa shape index (κ2) is 7.97. The fraction of sp³-hybridized carbons (Fsp3) is 0.133. The Balaban J connectivity index is 2.27. The summed E-state index contributed by atoms with van der Waals surface area (Å²) in [6.07, 6.45) is 0. The minimum atomic E-state index is -3.69. The van der Waals surface area contributed by atoms with E-state index in [-0.39, 0.29) is 21.8 Å². The number of para-hydroxylation sites is 2. The molecular weight excluding hydrogens is 475 g/mol. The molecule has 2 aromatic carbocycles. The number of sulfonamides is 1. The molecule has 11 heteroatoms. The molecule has 1 amide bonds. The normalized spacial score (nSPS) is 11.2. The number of benzene rings is 2. The van der Waals surface area contributed by atoms with Crippen LogP contribution in [0, 0.1) is 13.7 Å². The number of carbonyl (C=O) groups excluding carboxylic acids is 1. The predicted octanol–water partition coefficient (Wildman–Crippen LogP) is 2.21. The molecule has 26 heavy (non-hydrogen) atoms. The van der Waals surface area contributed by atoms with E-state index in [1.165, 1.54) is 50.5 Å². The van der Waals surface area contributed by atoms with Crippen molar-refractivity contribution in [3.63, 3.8) is 0 Å². The van der Waals surface area contributed by atoms with Crippen LogP contribution in [0.1, 0.15) is 10.4 Å². The monoisotopic (exact) mass is 490 g/mol. The lowest BCUT2D eigenvalue weighted by molar-refractivity contribution is -0.384. The van der Waals surface area contributed by atoms with Gasteiger partial charge in [-0.25, -0.2) is 12.7 Å². The van der Waals surface area contributed by atoms with E-state index in [0.717, 1.165) is 4.31 Å². The Morgan fingerprint density at radius 2 is 1.85 bits per heavy atom. The molecule has 0 aliphatic rings. The highest BCUT2D eigenvalue weighted by Crippen LogP contribution is 2.23. The highest BCUT2D eigenvalue weighted by atomic mass is 127. The highest BCUT2D eigenvalue weighted by molar-refractivity contribution is 14.1. The molecule has 0 bridgehead atoms. The van der Waals surface area contributed by atoms with Crippen molar-refractivity contribution in [3.05, 3.63) is 61.7 Å². The zero-order chi connectivity index (χ0) is 19.5. The Kier molecular flexibility index (Phi) is 6.15. The van der Waals surface area contributed by atoms with Gasteiger partial charge in [0, 0.05) is 23.7 Å². The van der Waals surface area contributed by atoms with Crippen LogP contribution in [-0.2, 0) is 10.0 Å². The molecule has 0 heterocycles. The summed E-state index contributed by atoms with van der Waals surface area (Å²) in [6.45, 7) is 0. The van der Waals surface area contributed by atoms with E-state index in [2.05, 4.69) is 10.9 Å². The number of nitrogens with zero attached hydrogens (tertiary/aromatic N) is 2. The van der Waals surface area contributed by atoms with Gasteiger partial charge in [-0.05, 0) is 46.9 Å². The van der Waals surface area contributed by atoms with E-state index in [9.17, 15) is 23.3 Å². The van der Waals surface area contributed by atoms with Crippen molar-refractivity contribution in [1.29, 1.82) is 0 Å². The summed E-state index contributed by atoms with van der Waals surface area (Å²) in [7, 11) is -0.910. The third kappa shape index (κ3) is 4.28. The zero-order valence-corrected chi connectivity index (χ0v) is 16.7. The second-order valence-corrected chi connectivity index (χ2v) is 8.60. The summed E-state index contributed by atoms with van der Waals surface area (Å²) in [5.74, 6) is -0.622. The first-order chi connectivity index (χ1) is 12.1. The number of nitro groups is 1. The van der Waals surface area contributed by atoms with Gasteiger partial charge in [-0.15, -0.1) is 0 Å². The van der Waals surface area contributed by atoms with E-state index in [1.54, 1.807) is 6.07 Å². The van der Waals surface area contributed by atoms with Crippen LogP contribution >= 0.6 is 22.6 Å². The van der Waals surface area contributed by atoms with Gasteiger partial charge in [-0.1, -0.05) is 12.1 Å². The van der Waals surface area contributed by atoms with Gasteiger partial charge in [0.15, 0.2) is 0 Å².